The van der Waals surface area contributed by atoms with E-state index < -0.39 is 0 Å². The Morgan fingerprint density at radius 3 is 2.71 bits per heavy atom. The molecule has 0 radical (unpaired) electrons. The third-order valence-electron chi connectivity index (χ3n) is 3.45. The molecule has 1 fully saturated rings. The average Bonchev–Trinajstić information content (AvgIpc) is 2.98. The Morgan fingerprint density at radius 1 is 1.53 bits per heavy atom. The first-order valence-electron chi connectivity index (χ1n) is 6.46. The van der Waals surface area contributed by atoms with Gasteiger partial charge in [-0.15, -0.1) is 11.3 Å². The van der Waals surface area contributed by atoms with Gasteiger partial charge in [-0.05, 0) is 25.8 Å². The number of likely N-dealkylation sites (N-methyl/N-ethyl adjacent to an activating group) is 1. The molecule has 0 spiro atoms. The summed E-state index contributed by atoms with van der Waals surface area (Å²) in [7, 11) is 2.17. The molecule has 1 aliphatic carbocycles. The van der Waals surface area contributed by atoms with E-state index in [1.807, 2.05) is 0 Å². The molecule has 4 heteroatoms. The van der Waals surface area contributed by atoms with Gasteiger partial charge in [0.25, 0.3) is 0 Å². The fourth-order valence-electron chi connectivity index (χ4n) is 2.25. The van der Waals surface area contributed by atoms with E-state index >= 15 is 0 Å². The molecule has 0 aromatic carbocycles. The van der Waals surface area contributed by atoms with Crippen LogP contribution in [0, 0.1) is 5.92 Å². The van der Waals surface area contributed by atoms with Gasteiger partial charge in [-0.2, -0.15) is 0 Å². The Morgan fingerprint density at radius 2 is 2.24 bits per heavy atom. The van der Waals surface area contributed by atoms with Gasteiger partial charge in [0.1, 0.15) is 0 Å². The fourth-order valence-corrected chi connectivity index (χ4v) is 3.07. The highest BCUT2D eigenvalue weighted by Gasteiger charge is 2.32. The Hall–Kier alpha value is -0.450. The molecule has 2 rings (SSSR count). The van der Waals surface area contributed by atoms with Crippen LogP contribution in [0.1, 0.15) is 43.3 Å². The number of hydrogen-bond donors (Lipinski definition) is 1. The molecule has 1 aromatic heterocycles. The van der Waals surface area contributed by atoms with Crippen LogP contribution < -0.4 is 5.73 Å². The largest absolute Gasteiger partial charge is 0.329 e. The van der Waals surface area contributed by atoms with Crippen LogP contribution in [0.5, 0.6) is 0 Å². The third-order valence-corrected chi connectivity index (χ3v) is 4.64. The van der Waals surface area contributed by atoms with E-state index in [4.69, 9.17) is 5.73 Å². The summed E-state index contributed by atoms with van der Waals surface area (Å²) in [5.74, 6) is 1.36. The highest BCUT2D eigenvalue weighted by atomic mass is 32.1. The van der Waals surface area contributed by atoms with Gasteiger partial charge in [0.05, 0.1) is 10.7 Å². The number of nitrogens with two attached hydrogens (primary N) is 1. The maximum absolute atomic E-state index is 5.86. The summed E-state index contributed by atoms with van der Waals surface area (Å²) in [5.41, 5.74) is 7.06. The van der Waals surface area contributed by atoms with E-state index in [0.717, 1.165) is 19.0 Å². The molecule has 2 N–H and O–H groups in total. The zero-order valence-corrected chi connectivity index (χ0v) is 11.8. The molecule has 0 aliphatic heterocycles. The minimum atomic E-state index is 0.535. The zero-order chi connectivity index (χ0) is 12.4. The molecule has 1 unspecified atom stereocenters. The first kappa shape index (κ1) is 13.0. The molecular formula is C13H23N3S. The number of nitrogens with zero attached hydrogens (tertiary/aromatic N) is 2. The smallest absolute Gasteiger partial charge is 0.0954 e. The van der Waals surface area contributed by atoms with E-state index in [0.29, 0.717) is 12.0 Å². The number of aromatic nitrogens is 1. The molecule has 1 aliphatic rings. The minimum Gasteiger partial charge on any atom is -0.329 e. The first-order chi connectivity index (χ1) is 8.11. The Kier molecular flexibility index (Phi) is 4.17. The zero-order valence-electron chi connectivity index (χ0n) is 11.0. The van der Waals surface area contributed by atoms with Crippen LogP contribution in [0.2, 0.25) is 0 Å². The molecule has 3 nitrogen and oxygen atoms in total. The molecule has 17 heavy (non-hydrogen) atoms. The number of rotatable bonds is 6. The first-order valence-corrected chi connectivity index (χ1v) is 7.34. The Bertz CT molecular complexity index is 357. The van der Waals surface area contributed by atoms with E-state index in [1.54, 1.807) is 11.3 Å². The lowest BCUT2D eigenvalue weighted by Crippen LogP contribution is -2.39. The predicted molar refractivity (Wildman–Crippen MR) is 73.2 cm³/mol. The van der Waals surface area contributed by atoms with E-state index in [9.17, 15) is 0 Å². The Balaban J connectivity index is 1.94. The second kappa shape index (κ2) is 5.46. The van der Waals surface area contributed by atoms with Crippen molar-refractivity contribution >= 4 is 11.3 Å². The number of thiazole rings is 1. The molecule has 1 aromatic rings. The quantitative estimate of drug-likeness (QED) is 0.846. The summed E-state index contributed by atoms with van der Waals surface area (Å²) < 4.78 is 0. The van der Waals surface area contributed by atoms with Crippen LogP contribution in [-0.2, 0) is 6.54 Å². The van der Waals surface area contributed by atoms with Crippen molar-refractivity contribution in [3.05, 3.63) is 16.1 Å². The maximum Gasteiger partial charge on any atom is 0.0954 e. The van der Waals surface area contributed by atoms with Crippen LogP contribution in [-0.4, -0.2) is 29.5 Å². The fraction of sp³-hybridized carbons (Fsp3) is 0.769. The highest BCUT2D eigenvalue weighted by molar-refractivity contribution is 7.09. The lowest BCUT2D eigenvalue weighted by molar-refractivity contribution is 0.213. The standard InChI is InChI=1S/C13H23N3S/c1-9(2)13-15-11(8-17-13)7-16(3)12(6-14)10-4-5-10/h8-10,12H,4-7,14H2,1-3H3. The van der Waals surface area contributed by atoms with Crippen molar-refractivity contribution in [2.24, 2.45) is 11.7 Å². The van der Waals surface area contributed by atoms with Crippen molar-refractivity contribution in [2.45, 2.75) is 45.2 Å². The van der Waals surface area contributed by atoms with E-state index in [1.165, 1.54) is 23.5 Å². The van der Waals surface area contributed by atoms with Crippen molar-refractivity contribution in [2.75, 3.05) is 13.6 Å². The van der Waals surface area contributed by atoms with Crippen molar-refractivity contribution in [1.82, 2.24) is 9.88 Å². The van der Waals surface area contributed by atoms with Crippen molar-refractivity contribution in [3.63, 3.8) is 0 Å². The van der Waals surface area contributed by atoms with Crippen LogP contribution in [0.25, 0.3) is 0 Å². The van der Waals surface area contributed by atoms with Gasteiger partial charge in [0, 0.05) is 30.4 Å². The van der Waals surface area contributed by atoms with Gasteiger partial charge in [-0.1, -0.05) is 13.8 Å². The van der Waals surface area contributed by atoms with Crippen LogP contribution >= 0.6 is 11.3 Å². The summed E-state index contributed by atoms with van der Waals surface area (Å²) in [6.45, 7) is 6.09. The molecule has 1 heterocycles. The summed E-state index contributed by atoms with van der Waals surface area (Å²) in [6.07, 6.45) is 2.70. The van der Waals surface area contributed by atoms with Crippen LogP contribution in [0.4, 0.5) is 0 Å². The average molecular weight is 253 g/mol. The summed E-state index contributed by atoms with van der Waals surface area (Å²) in [6, 6.07) is 0.541. The normalized spacial score (nSPS) is 18.0. The SMILES string of the molecule is CC(C)c1nc(CN(C)C(CN)C2CC2)cs1. The van der Waals surface area contributed by atoms with Gasteiger partial charge in [-0.25, -0.2) is 4.98 Å². The molecule has 0 saturated heterocycles. The minimum absolute atomic E-state index is 0.535. The van der Waals surface area contributed by atoms with E-state index in [-0.39, 0.29) is 0 Å². The van der Waals surface area contributed by atoms with Gasteiger partial charge in [0.15, 0.2) is 0 Å². The topological polar surface area (TPSA) is 42.2 Å². The monoisotopic (exact) mass is 253 g/mol. The second-order valence-electron chi connectivity index (χ2n) is 5.39. The molecule has 1 saturated carbocycles. The highest BCUT2D eigenvalue weighted by Crippen LogP contribution is 2.35. The summed E-state index contributed by atoms with van der Waals surface area (Å²) in [5, 5.41) is 3.43. The molecular weight excluding hydrogens is 230 g/mol. The van der Waals surface area contributed by atoms with E-state index in [2.05, 4.69) is 36.2 Å². The lowest BCUT2D eigenvalue weighted by Gasteiger charge is -2.26. The van der Waals surface area contributed by atoms with Crippen molar-refractivity contribution in [1.29, 1.82) is 0 Å². The molecule has 0 amide bonds. The number of hydrogen-bond acceptors (Lipinski definition) is 4. The van der Waals surface area contributed by atoms with Crippen molar-refractivity contribution in [3.8, 4) is 0 Å². The predicted octanol–water partition coefficient (Wildman–Crippen LogP) is 2.44. The van der Waals surface area contributed by atoms with Gasteiger partial charge in [-0.3, -0.25) is 4.90 Å². The lowest BCUT2D eigenvalue weighted by atomic mass is 10.1. The molecule has 0 bridgehead atoms. The van der Waals surface area contributed by atoms with Crippen LogP contribution in [0.3, 0.4) is 0 Å². The van der Waals surface area contributed by atoms with Gasteiger partial charge < -0.3 is 5.73 Å². The summed E-state index contributed by atoms with van der Waals surface area (Å²) >= 11 is 1.77. The van der Waals surface area contributed by atoms with Gasteiger partial charge >= 0.3 is 0 Å². The molecule has 1 atom stereocenters. The third kappa shape index (κ3) is 3.27. The summed E-state index contributed by atoms with van der Waals surface area (Å²) in [4.78, 5) is 7.05. The second-order valence-corrected chi connectivity index (χ2v) is 6.28. The maximum atomic E-state index is 5.86. The Labute approximate surface area is 108 Å². The van der Waals surface area contributed by atoms with Crippen molar-refractivity contribution < 1.29 is 0 Å². The van der Waals surface area contributed by atoms with Gasteiger partial charge in [0.2, 0.25) is 0 Å². The van der Waals surface area contributed by atoms with Crippen LogP contribution in [0.15, 0.2) is 5.38 Å². The molecule has 96 valence electrons.